The fourth-order valence-corrected chi connectivity index (χ4v) is 2.05. The summed E-state index contributed by atoms with van der Waals surface area (Å²) in [5.74, 6) is -0.0681. The minimum absolute atomic E-state index is 0.0681. The summed E-state index contributed by atoms with van der Waals surface area (Å²) in [4.78, 5) is 11.8. The summed E-state index contributed by atoms with van der Waals surface area (Å²) in [6, 6.07) is 9.78. The molecule has 0 aromatic heterocycles. The Hall–Kier alpha value is -1.39. The van der Waals surface area contributed by atoms with Crippen LogP contribution in [0.2, 0.25) is 0 Å². The molecule has 4 heteroatoms. The maximum Gasteiger partial charge on any atom is 0.237 e. The van der Waals surface area contributed by atoms with Gasteiger partial charge < -0.3 is 15.8 Å². The highest BCUT2D eigenvalue weighted by molar-refractivity contribution is 5.81. The second kappa shape index (κ2) is 6.52. The topological polar surface area (TPSA) is 64.4 Å². The van der Waals surface area contributed by atoms with Gasteiger partial charge in [0.2, 0.25) is 5.91 Å². The fourth-order valence-electron chi connectivity index (χ4n) is 2.05. The Morgan fingerprint density at radius 2 is 2.22 bits per heavy atom. The SMILES string of the molecule is NC(CCc1ccccc1)C(=O)NC1CCOC1. The van der Waals surface area contributed by atoms with Gasteiger partial charge >= 0.3 is 0 Å². The predicted octanol–water partition coefficient (Wildman–Crippen LogP) is 0.852. The highest BCUT2D eigenvalue weighted by atomic mass is 16.5. The molecule has 0 spiro atoms. The molecule has 1 saturated heterocycles. The van der Waals surface area contributed by atoms with Crippen molar-refractivity contribution in [1.29, 1.82) is 0 Å². The number of aryl methyl sites for hydroxylation is 1. The minimum atomic E-state index is -0.439. The third-order valence-electron chi connectivity index (χ3n) is 3.20. The Bertz CT molecular complexity index is 375. The van der Waals surface area contributed by atoms with Crippen molar-refractivity contribution in [1.82, 2.24) is 5.32 Å². The van der Waals surface area contributed by atoms with Gasteiger partial charge in [-0.25, -0.2) is 0 Å². The molecular weight excluding hydrogens is 228 g/mol. The third kappa shape index (κ3) is 3.82. The molecule has 1 fully saturated rings. The number of amides is 1. The number of nitrogens with two attached hydrogens (primary N) is 1. The molecule has 2 unspecified atom stereocenters. The lowest BCUT2D eigenvalue weighted by atomic mass is 10.1. The smallest absolute Gasteiger partial charge is 0.237 e. The molecule has 1 heterocycles. The number of benzene rings is 1. The summed E-state index contributed by atoms with van der Waals surface area (Å²) in [5.41, 5.74) is 7.10. The Balaban J connectivity index is 1.73. The quantitative estimate of drug-likeness (QED) is 0.812. The number of nitrogens with one attached hydrogen (secondary N) is 1. The fraction of sp³-hybridized carbons (Fsp3) is 0.500. The molecule has 1 amide bonds. The van der Waals surface area contributed by atoms with E-state index in [0.29, 0.717) is 13.0 Å². The van der Waals surface area contributed by atoms with Crippen LogP contribution in [-0.4, -0.2) is 31.2 Å². The van der Waals surface area contributed by atoms with Crippen LogP contribution < -0.4 is 11.1 Å². The van der Waals surface area contributed by atoms with Crippen molar-refractivity contribution in [2.24, 2.45) is 5.73 Å². The van der Waals surface area contributed by atoms with Crippen molar-refractivity contribution >= 4 is 5.91 Å². The third-order valence-corrected chi connectivity index (χ3v) is 3.20. The van der Waals surface area contributed by atoms with Crippen molar-refractivity contribution in [3.05, 3.63) is 35.9 Å². The van der Waals surface area contributed by atoms with Crippen LogP contribution in [0.5, 0.6) is 0 Å². The molecular formula is C14H20N2O2. The monoisotopic (exact) mass is 248 g/mol. The maximum atomic E-state index is 11.8. The van der Waals surface area contributed by atoms with Gasteiger partial charge in [-0.3, -0.25) is 4.79 Å². The summed E-state index contributed by atoms with van der Waals surface area (Å²) >= 11 is 0. The maximum absolute atomic E-state index is 11.8. The van der Waals surface area contributed by atoms with Crippen molar-refractivity contribution in [2.45, 2.75) is 31.3 Å². The van der Waals surface area contributed by atoms with Gasteiger partial charge in [0, 0.05) is 6.61 Å². The largest absolute Gasteiger partial charge is 0.379 e. The van der Waals surface area contributed by atoms with Crippen molar-refractivity contribution in [3.8, 4) is 0 Å². The number of ether oxygens (including phenoxy) is 1. The van der Waals surface area contributed by atoms with E-state index in [1.807, 2.05) is 18.2 Å². The first-order valence-corrected chi connectivity index (χ1v) is 6.43. The minimum Gasteiger partial charge on any atom is -0.379 e. The predicted molar refractivity (Wildman–Crippen MR) is 70.1 cm³/mol. The summed E-state index contributed by atoms with van der Waals surface area (Å²) in [6.45, 7) is 1.33. The van der Waals surface area contributed by atoms with Crippen LogP contribution in [0.15, 0.2) is 30.3 Å². The highest BCUT2D eigenvalue weighted by Crippen LogP contribution is 2.06. The van der Waals surface area contributed by atoms with Gasteiger partial charge in [-0.05, 0) is 24.8 Å². The van der Waals surface area contributed by atoms with E-state index in [1.165, 1.54) is 5.56 Å². The lowest BCUT2D eigenvalue weighted by molar-refractivity contribution is -0.123. The first-order valence-electron chi connectivity index (χ1n) is 6.43. The second-order valence-electron chi connectivity index (χ2n) is 4.70. The summed E-state index contributed by atoms with van der Waals surface area (Å²) in [5, 5.41) is 2.93. The first-order chi connectivity index (χ1) is 8.75. The van der Waals surface area contributed by atoms with Gasteiger partial charge in [0.15, 0.2) is 0 Å². The Morgan fingerprint density at radius 3 is 2.89 bits per heavy atom. The molecule has 98 valence electrons. The second-order valence-corrected chi connectivity index (χ2v) is 4.70. The van der Waals surface area contributed by atoms with E-state index in [-0.39, 0.29) is 11.9 Å². The highest BCUT2D eigenvalue weighted by Gasteiger charge is 2.21. The van der Waals surface area contributed by atoms with Crippen LogP contribution in [0.1, 0.15) is 18.4 Å². The average Bonchev–Trinajstić information content (AvgIpc) is 2.90. The molecule has 4 nitrogen and oxygen atoms in total. The Morgan fingerprint density at radius 1 is 1.44 bits per heavy atom. The molecule has 1 aliphatic heterocycles. The van der Waals surface area contributed by atoms with Crippen molar-refractivity contribution in [2.75, 3.05) is 13.2 Å². The Labute approximate surface area is 108 Å². The lowest BCUT2D eigenvalue weighted by Gasteiger charge is -2.15. The summed E-state index contributed by atoms with van der Waals surface area (Å²) < 4.78 is 5.21. The van der Waals surface area contributed by atoms with Crippen LogP contribution in [0, 0.1) is 0 Å². The number of rotatable bonds is 5. The summed E-state index contributed by atoms with van der Waals surface area (Å²) in [7, 11) is 0. The zero-order chi connectivity index (χ0) is 12.8. The van der Waals surface area contributed by atoms with Crippen molar-refractivity contribution in [3.63, 3.8) is 0 Å². The average molecular weight is 248 g/mol. The van der Waals surface area contributed by atoms with Crippen LogP contribution in [0.25, 0.3) is 0 Å². The van der Waals surface area contributed by atoms with E-state index in [4.69, 9.17) is 10.5 Å². The van der Waals surface area contributed by atoms with Crippen molar-refractivity contribution < 1.29 is 9.53 Å². The molecule has 18 heavy (non-hydrogen) atoms. The zero-order valence-electron chi connectivity index (χ0n) is 10.5. The molecule has 1 aromatic rings. The standard InChI is InChI=1S/C14H20N2O2/c15-13(7-6-11-4-2-1-3-5-11)14(17)16-12-8-9-18-10-12/h1-5,12-13H,6-10,15H2,(H,16,17). The van der Waals surface area contributed by atoms with E-state index < -0.39 is 6.04 Å². The van der Waals surface area contributed by atoms with Gasteiger partial charge in [-0.15, -0.1) is 0 Å². The lowest BCUT2D eigenvalue weighted by Crippen LogP contribution is -2.45. The molecule has 3 N–H and O–H groups in total. The van der Waals surface area contributed by atoms with E-state index in [9.17, 15) is 4.79 Å². The van der Waals surface area contributed by atoms with E-state index in [0.717, 1.165) is 19.4 Å². The summed E-state index contributed by atoms with van der Waals surface area (Å²) in [6.07, 6.45) is 2.39. The molecule has 2 atom stereocenters. The molecule has 1 aromatic carbocycles. The van der Waals surface area contributed by atoms with Gasteiger partial charge in [-0.1, -0.05) is 30.3 Å². The Kier molecular flexibility index (Phi) is 4.73. The number of carbonyl (C=O) groups excluding carboxylic acids is 1. The van der Waals surface area contributed by atoms with Gasteiger partial charge in [0.05, 0.1) is 18.7 Å². The van der Waals surface area contributed by atoms with Crippen LogP contribution >= 0.6 is 0 Å². The zero-order valence-corrected chi connectivity index (χ0v) is 10.5. The first kappa shape index (κ1) is 13.1. The number of carbonyl (C=O) groups is 1. The van der Waals surface area contributed by atoms with Gasteiger partial charge in [-0.2, -0.15) is 0 Å². The molecule has 1 aliphatic rings. The van der Waals surface area contributed by atoms with E-state index >= 15 is 0 Å². The van der Waals surface area contributed by atoms with Gasteiger partial charge in [0.25, 0.3) is 0 Å². The molecule has 0 aliphatic carbocycles. The molecule has 0 radical (unpaired) electrons. The number of hydrogen-bond acceptors (Lipinski definition) is 3. The van der Waals surface area contributed by atoms with E-state index in [2.05, 4.69) is 17.4 Å². The molecule has 0 bridgehead atoms. The van der Waals surface area contributed by atoms with Crippen LogP contribution in [0.4, 0.5) is 0 Å². The normalized spacial score (nSPS) is 20.6. The molecule has 0 saturated carbocycles. The molecule has 2 rings (SSSR count). The van der Waals surface area contributed by atoms with Crippen LogP contribution in [0.3, 0.4) is 0 Å². The van der Waals surface area contributed by atoms with E-state index in [1.54, 1.807) is 0 Å². The number of hydrogen-bond donors (Lipinski definition) is 2. The van der Waals surface area contributed by atoms with Gasteiger partial charge in [0.1, 0.15) is 0 Å². The van der Waals surface area contributed by atoms with Crippen LogP contribution in [-0.2, 0) is 16.0 Å².